The van der Waals surface area contributed by atoms with Gasteiger partial charge in [0.2, 0.25) is 0 Å². The Hall–Kier alpha value is -1.75. The van der Waals surface area contributed by atoms with Crippen LogP contribution in [0.2, 0.25) is 0 Å². The van der Waals surface area contributed by atoms with Gasteiger partial charge in [-0.1, -0.05) is 13.8 Å². The number of nitrogen functional groups attached to an aromatic ring is 1. The molecule has 1 atom stereocenters. The highest BCUT2D eigenvalue weighted by molar-refractivity contribution is 6.00. The standard InChI is InChI=1S/C13H18N2O3/c1-8(2)12-13(17)15(5-6-16)10-7-9(14)3-4-11(10)18-12/h3-4,7-8,12,16H,5-6,14H2,1-2H3. The fraction of sp³-hybridized carbons (Fsp3) is 0.462. The van der Waals surface area contributed by atoms with Gasteiger partial charge in [-0.05, 0) is 24.1 Å². The summed E-state index contributed by atoms with van der Waals surface area (Å²) in [6, 6.07) is 5.19. The molecule has 0 saturated heterocycles. The summed E-state index contributed by atoms with van der Waals surface area (Å²) in [4.78, 5) is 13.8. The molecule has 1 aromatic carbocycles. The monoisotopic (exact) mass is 250 g/mol. The molecule has 0 fully saturated rings. The molecule has 1 unspecified atom stereocenters. The summed E-state index contributed by atoms with van der Waals surface area (Å²) >= 11 is 0. The third-order valence-corrected chi connectivity index (χ3v) is 2.97. The molecular weight excluding hydrogens is 232 g/mol. The van der Waals surface area contributed by atoms with E-state index in [9.17, 15) is 4.79 Å². The van der Waals surface area contributed by atoms with E-state index >= 15 is 0 Å². The zero-order valence-electron chi connectivity index (χ0n) is 10.6. The molecule has 1 aliphatic rings. The summed E-state index contributed by atoms with van der Waals surface area (Å²) in [6.45, 7) is 4.02. The number of nitrogens with two attached hydrogens (primary N) is 1. The molecule has 0 radical (unpaired) electrons. The number of β-amino-alcohol motifs (C(OH)–C–C–N with tert-alkyl or cyclic N) is 1. The van der Waals surface area contributed by atoms with E-state index in [0.29, 0.717) is 17.1 Å². The average molecular weight is 250 g/mol. The third kappa shape index (κ3) is 2.13. The molecule has 2 rings (SSSR count). The van der Waals surface area contributed by atoms with Crippen molar-refractivity contribution in [2.75, 3.05) is 23.8 Å². The lowest BCUT2D eigenvalue weighted by atomic mass is 10.0. The summed E-state index contributed by atoms with van der Waals surface area (Å²) in [5.41, 5.74) is 6.92. The number of carbonyl (C=O) groups is 1. The van der Waals surface area contributed by atoms with Gasteiger partial charge in [-0.3, -0.25) is 4.79 Å². The van der Waals surface area contributed by atoms with Crippen molar-refractivity contribution in [3.63, 3.8) is 0 Å². The Morgan fingerprint density at radius 1 is 1.50 bits per heavy atom. The number of fused-ring (bicyclic) bond motifs is 1. The highest BCUT2D eigenvalue weighted by Crippen LogP contribution is 2.36. The van der Waals surface area contributed by atoms with Gasteiger partial charge in [0.05, 0.1) is 12.3 Å². The van der Waals surface area contributed by atoms with Crippen LogP contribution < -0.4 is 15.4 Å². The predicted octanol–water partition coefficient (Wildman–Crippen LogP) is 1.01. The van der Waals surface area contributed by atoms with Gasteiger partial charge in [0.1, 0.15) is 5.75 Å². The number of amides is 1. The number of carbonyl (C=O) groups excluding carboxylic acids is 1. The molecule has 0 aliphatic carbocycles. The molecular formula is C13H18N2O3. The van der Waals surface area contributed by atoms with E-state index in [1.807, 2.05) is 13.8 Å². The van der Waals surface area contributed by atoms with Crippen LogP contribution in [0.3, 0.4) is 0 Å². The van der Waals surface area contributed by atoms with Crippen molar-refractivity contribution in [2.45, 2.75) is 20.0 Å². The van der Waals surface area contributed by atoms with E-state index in [4.69, 9.17) is 15.6 Å². The Kier molecular flexibility index (Phi) is 3.43. The van der Waals surface area contributed by atoms with Crippen molar-refractivity contribution in [3.8, 4) is 5.75 Å². The van der Waals surface area contributed by atoms with Gasteiger partial charge in [-0.2, -0.15) is 0 Å². The maximum Gasteiger partial charge on any atom is 0.268 e. The smallest absolute Gasteiger partial charge is 0.268 e. The number of aliphatic hydroxyl groups is 1. The van der Waals surface area contributed by atoms with Crippen LogP contribution in [0.5, 0.6) is 5.75 Å². The highest BCUT2D eigenvalue weighted by atomic mass is 16.5. The minimum absolute atomic E-state index is 0.0735. The second-order valence-electron chi connectivity index (χ2n) is 4.72. The fourth-order valence-corrected chi connectivity index (χ4v) is 2.06. The van der Waals surface area contributed by atoms with Crippen LogP contribution in [0.15, 0.2) is 18.2 Å². The van der Waals surface area contributed by atoms with Gasteiger partial charge >= 0.3 is 0 Å². The van der Waals surface area contributed by atoms with Crippen molar-refractivity contribution < 1.29 is 14.6 Å². The normalized spacial score (nSPS) is 18.8. The van der Waals surface area contributed by atoms with Gasteiger partial charge in [0, 0.05) is 12.2 Å². The molecule has 1 amide bonds. The first kappa shape index (κ1) is 12.7. The van der Waals surface area contributed by atoms with Gasteiger partial charge in [0.25, 0.3) is 5.91 Å². The molecule has 5 heteroatoms. The molecule has 98 valence electrons. The molecule has 0 spiro atoms. The van der Waals surface area contributed by atoms with Gasteiger partial charge in [0.15, 0.2) is 6.10 Å². The van der Waals surface area contributed by atoms with E-state index < -0.39 is 6.10 Å². The quantitative estimate of drug-likeness (QED) is 0.785. The van der Waals surface area contributed by atoms with Crippen molar-refractivity contribution in [1.82, 2.24) is 0 Å². The second kappa shape index (κ2) is 4.86. The SMILES string of the molecule is CC(C)C1Oc2ccc(N)cc2N(CCO)C1=O. The van der Waals surface area contributed by atoms with Gasteiger partial charge in [-0.25, -0.2) is 0 Å². The summed E-state index contributed by atoms with van der Waals surface area (Å²) in [5, 5.41) is 9.09. The maximum atomic E-state index is 12.3. The average Bonchev–Trinajstić information content (AvgIpc) is 2.32. The highest BCUT2D eigenvalue weighted by Gasteiger charge is 2.35. The molecule has 5 nitrogen and oxygen atoms in total. The maximum absolute atomic E-state index is 12.3. The summed E-state index contributed by atoms with van der Waals surface area (Å²) in [5.74, 6) is 0.581. The zero-order chi connectivity index (χ0) is 13.3. The van der Waals surface area contributed by atoms with Crippen molar-refractivity contribution in [3.05, 3.63) is 18.2 Å². The van der Waals surface area contributed by atoms with E-state index in [1.54, 1.807) is 23.1 Å². The molecule has 1 aliphatic heterocycles. The number of aliphatic hydroxyl groups excluding tert-OH is 1. The minimum atomic E-state index is -0.507. The van der Waals surface area contributed by atoms with Crippen LogP contribution >= 0.6 is 0 Å². The summed E-state index contributed by atoms with van der Waals surface area (Å²) in [6.07, 6.45) is -0.507. The van der Waals surface area contributed by atoms with E-state index in [-0.39, 0.29) is 25.0 Å². The van der Waals surface area contributed by atoms with Gasteiger partial charge < -0.3 is 20.5 Å². The van der Waals surface area contributed by atoms with Crippen LogP contribution in [-0.2, 0) is 4.79 Å². The van der Waals surface area contributed by atoms with E-state index in [1.165, 1.54) is 0 Å². The largest absolute Gasteiger partial charge is 0.478 e. The first-order valence-electron chi connectivity index (χ1n) is 6.03. The number of benzene rings is 1. The number of hydrogen-bond donors (Lipinski definition) is 2. The molecule has 18 heavy (non-hydrogen) atoms. The fourth-order valence-electron chi connectivity index (χ4n) is 2.06. The number of ether oxygens (including phenoxy) is 1. The lowest BCUT2D eigenvalue weighted by Gasteiger charge is -2.35. The molecule has 0 saturated carbocycles. The lowest BCUT2D eigenvalue weighted by molar-refractivity contribution is -0.128. The molecule has 0 aromatic heterocycles. The summed E-state index contributed by atoms with van der Waals surface area (Å²) < 4.78 is 5.71. The Bertz CT molecular complexity index is 460. The number of anilines is 2. The van der Waals surface area contributed by atoms with Crippen LogP contribution in [0.25, 0.3) is 0 Å². The number of hydrogen-bond acceptors (Lipinski definition) is 4. The Morgan fingerprint density at radius 3 is 2.83 bits per heavy atom. The topological polar surface area (TPSA) is 75.8 Å². The molecule has 3 N–H and O–H groups in total. The Labute approximate surface area is 106 Å². The molecule has 0 bridgehead atoms. The zero-order valence-corrected chi connectivity index (χ0v) is 10.6. The predicted molar refractivity (Wildman–Crippen MR) is 69.5 cm³/mol. The second-order valence-corrected chi connectivity index (χ2v) is 4.72. The third-order valence-electron chi connectivity index (χ3n) is 2.97. The molecule has 1 aromatic rings. The van der Waals surface area contributed by atoms with Crippen LogP contribution in [0, 0.1) is 5.92 Å². The Balaban J connectivity index is 2.44. The van der Waals surface area contributed by atoms with Crippen molar-refractivity contribution >= 4 is 17.3 Å². The van der Waals surface area contributed by atoms with Crippen LogP contribution in [0.4, 0.5) is 11.4 Å². The van der Waals surface area contributed by atoms with E-state index in [0.717, 1.165) is 0 Å². The lowest BCUT2D eigenvalue weighted by Crippen LogP contribution is -2.49. The van der Waals surface area contributed by atoms with Gasteiger partial charge in [-0.15, -0.1) is 0 Å². The van der Waals surface area contributed by atoms with E-state index in [2.05, 4.69) is 0 Å². The molecule has 1 heterocycles. The Morgan fingerprint density at radius 2 is 2.22 bits per heavy atom. The van der Waals surface area contributed by atoms with Crippen molar-refractivity contribution in [2.24, 2.45) is 5.92 Å². The van der Waals surface area contributed by atoms with Crippen molar-refractivity contribution in [1.29, 1.82) is 0 Å². The number of nitrogens with zero attached hydrogens (tertiary/aromatic N) is 1. The minimum Gasteiger partial charge on any atom is -0.478 e. The first-order valence-corrected chi connectivity index (χ1v) is 6.03. The van der Waals surface area contributed by atoms with Crippen LogP contribution in [0.1, 0.15) is 13.8 Å². The summed E-state index contributed by atoms with van der Waals surface area (Å²) in [7, 11) is 0. The van der Waals surface area contributed by atoms with Crippen LogP contribution in [-0.4, -0.2) is 30.3 Å². The number of rotatable bonds is 3. The first-order chi connectivity index (χ1) is 8.54.